The molecule has 0 unspecified atom stereocenters. The molecule has 0 spiro atoms. The van der Waals surface area contributed by atoms with E-state index in [0.717, 1.165) is 29.8 Å². The first-order valence-corrected chi connectivity index (χ1v) is 7.45. The minimum atomic E-state index is 0.0917. The SMILES string of the molecule is CONc1cc(C)cc2c1CCN(C(=O)c1ccccc1)C2. The Labute approximate surface area is 130 Å². The average molecular weight is 296 g/mol. The van der Waals surface area contributed by atoms with Crippen LogP contribution in [0.25, 0.3) is 0 Å². The number of hydrogen-bond donors (Lipinski definition) is 1. The lowest BCUT2D eigenvalue weighted by Gasteiger charge is -2.30. The number of nitrogens with zero attached hydrogens (tertiary/aromatic N) is 1. The van der Waals surface area contributed by atoms with Gasteiger partial charge in [-0.2, -0.15) is 0 Å². The molecule has 4 heteroatoms. The molecular weight excluding hydrogens is 276 g/mol. The van der Waals surface area contributed by atoms with Gasteiger partial charge in [-0.1, -0.05) is 24.3 Å². The molecule has 0 saturated heterocycles. The number of fused-ring (bicyclic) bond motifs is 1. The predicted octanol–water partition coefficient (Wildman–Crippen LogP) is 3.17. The molecule has 0 aliphatic carbocycles. The molecule has 1 aliphatic heterocycles. The second kappa shape index (κ2) is 6.20. The van der Waals surface area contributed by atoms with Crippen LogP contribution in [0, 0.1) is 6.92 Å². The molecule has 0 atom stereocenters. The van der Waals surface area contributed by atoms with E-state index < -0.39 is 0 Å². The maximum atomic E-state index is 12.6. The van der Waals surface area contributed by atoms with Crippen molar-refractivity contribution in [2.45, 2.75) is 19.9 Å². The summed E-state index contributed by atoms with van der Waals surface area (Å²) in [6, 6.07) is 13.7. The van der Waals surface area contributed by atoms with Crippen LogP contribution >= 0.6 is 0 Å². The van der Waals surface area contributed by atoms with Crippen molar-refractivity contribution in [3.05, 3.63) is 64.7 Å². The third-order valence-electron chi connectivity index (χ3n) is 4.00. The number of carbonyl (C=O) groups excluding carboxylic acids is 1. The topological polar surface area (TPSA) is 41.6 Å². The summed E-state index contributed by atoms with van der Waals surface area (Å²) < 4.78 is 0. The number of nitrogens with one attached hydrogen (secondary N) is 1. The van der Waals surface area contributed by atoms with Crippen LogP contribution in [0.15, 0.2) is 42.5 Å². The van der Waals surface area contributed by atoms with Crippen LogP contribution in [0.5, 0.6) is 0 Å². The van der Waals surface area contributed by atoms with Gasteiger partial charge in [0.15, 0.2) is 0 Å². The van der Waals surface area contributed by atoms with Crippen molar-refractivity contribution in [2.24, 2.45) is 0 Å². The molecule has 0 fully saturated rings. The monoisotopic (exact) mass is 296 g/mol. The maximum absolute atomic E-state index is 12.6. The summed E-state index contributed by atoms with van der Waals surface area (Å²) >= 11 is 0. The Hall–Kier alpha value is -2.33. The summed E-state index contributed by atoms with van der Waals surface area (Å²) in [7, 11) is 1.61. The van der Waals surface area contributed by atoms with E-state index in [1.54, 1.807) is 7.11 Å². The molecular formula is C18H20N2O2. The number of anilines is 1. The summed E-state index contributed by atoms with van der Waals surface area (Å²) in [6.07, 6.45) is 0.833. The second-order valence-electron chi connectivity index (χ2n) is 5.60. The highest BCUT2D eigenvalue weighted by Gasteiger charge is 2.23. The van der Waals surface area contributed by atoms with Gasteiger partial charge in [0, 0.05) is 18.7 Å². The largest absolute Gasteiger partial charge is 0.334 e. The van der Waals surface area contributed by atoms with Gasteiger partial charge in [-0.15, -0.1) is 0 Å². The zero-order valence-corrected chi connectivity index (χ0v) is 12.9. The molecule has 0 aromatic heterocycles. The van der Waals surface area contributed by atoms with Crippen molar-refractivity contribution < 1.29 is 9.63 Å². The fourth-order valence-electron chi connectivity index (χ4n) is 3.00. The van der Waals surface area contributed by atoms with Gasteiger partial charge >= 0.3 is 0 Å². The highest BCUT2D eigenvalue weighted by molar-refractivity contribution is 5.94. The van der Waals surface area contributed by atoms with Gasteiger partial charge < -0.3 is 4.90 Å². The zero-order valence-electron chi connectivity index (χ0n) is 12.9. The summed E-state index contributed by atoms with van der Waals surface area (Å²) in [5, 5.41) is 0. The van der Waals surface area contributed by atoms with Gasteiger partial charge in [-0.3, -0.25) is 15.1 Å². The quantitative estimate of drug-likeness (QED) is 0.885. The van der Waals surface area contributed by atoms with Crippen molar-refractivity contribution in [3.63, 3.8) is 0 Å². The third kappa shape index (κ3) is 2.83. The summed E-state index contributed by atoms with van der Waals surface area (Å²) in [6.45, 7) is 3.42. The van der Waals surface area contributed by atoms with Crippen molar-refractivity contribution >= 4 is 11.6 Å². The van der Waals surface area contributed by atoms with Crippen LogP contribution in [0.1, 0.15) is 27.0 Å². The first-order chi connectivity index (χ1) is 10.7. The van der Waals surface area contributed by atoms with Gasteiger partial charge in [0.25, 0.3) is 5.91 Å². The number of rotatable bonds is 3. The highest BCUT2D eigenvalue weighted by Crippen LogP contribution is 2.28. The first-order valence-electron chi connectivity index (χ1n) is 7.45. The van der Waals surface area contributed by atoms with Crippen LogP contribution in [0.4, 0.5) is 5.69 Å². The van der Waals surface area contributed by atoms with Crippen molar-refractivity contribution in [1.29, 1.82) is 0 Å². The van der Waals surface area contributed by atoms with Gasteiger partial charge in [0.1, 0.15) is 0 Å². The molecule has 0 bridgehead atoms. The number of benzene rings is 2. The normalized spacial score (nSPS) is 13.6. The van der Waals surface area contributed by atoms with E-state index >= 15 is 0 Å². The van der Waals surface area contributed by atoms with E-state index in [4.69, 9.17) is 4.84 Å². The van der Waals surface area contributed by atoms with Crippen LogP contribution in [-0.2, 0) is 17.8 Å². The fraction of sp³-hybridized carbons (Fsp3) is 0.278. The molecule has 1 amide bonds. The summed E-state index contributed by atoms with van der Waals surface area (Å²) in [5.74, 6) is 0.0917. The number of hydrogen-bond acceptors (Lipinski definition) is 3. The first kappa shape index (κ1) is 14.6. The smallest absolute Gasteiger partial charge is 0.254 e. The van der Waals surface area contributed by atoms with Gasteiger partial charge in [-0.05, 0) is 48.2 Å². The zero-order chi connectivity index (χ0) is 15.5. The number of carbonyl (C=O) groups is 1. The minimum absolute atomic E-state index is 0.0917. The molecule has 1 N–H and O–H groups in total. The Bertz CT molecular complexity index is 683. The molecule has 2 aromatic rings. The Morgan fingerprint density at radius 1 is 1.23 bits per heavy atom. The lowest BCUT2D eigenvalue weighted by molar-refractivity contribution is 0.0734. The van der Waals surface area contributed by atoms with Crippen molar-refractivity contribution in [2.75, 3.05) is 19.1 Å². The summed E-state index contributed by atoms with van der Waals surface area (Å²) in [4.78, 5) is 19.6. The molecule has 114 valence electrons. The minimum Gasteiger partial charge on any atom is -0.334 e. The predicted molar refractivity (Wildman–Crippen MR) is 86.7 cm³/mol. The summed E-state index contributed by atoms with van der Waals surface area (Å²) in [5.41, 5.74) is 8.29. The van der Waals surface area contributed by atoms with Crippen molar-refractivity contribution in [1.82, 2.24) is 4.90 Å². The lowest BCUT2D eigenvalue weighted by atomic mass is 9.95. The van der Waals surface area contributed by atoms with E-state index in [1.165, 1.54) is 11.1 Å². The molecule has 4 nitrogen and oxygen atoms in total. The molecule has 0 radical (unpaired) electrons. The Morgan fingerprint density at radius 2 is 2.00 bits per heavy atom. The Balaban J connectivity index is 1.86. The Morgan fingerprint density at radius 3 is 2.73 bits per heavy atom. The van der Waals surface area contributed by atoms with E-state index in [-0.39, 0.29) is 5.91 Å². The van der Waals surface area contributed by atoms with E-state index in [1.807, 2.05) is 35.2 Å². The highest BCUT2D eigenvalue weighted by atomic mass is 16.6. The number of aryl methyl sites for hydroxylation is 1. The van der Waals surface area contributed by atoms with Crippen LogP contribution in [0.3, 0.4) is 0 Å². The number of amides is 1. The molecule has 0 saturated carbocycles. The van der Waals surface area contributed by atoms with Crippen LogP contribution in [0.2, 0.25) is 0 Å². The van der Waals surface area contributed by atoms with Crippen LogP contribution in [-0.4, -0.2) is 24.5 Å². The van der Waals surface area contributed by atoms with E-state index in [0.29, 0.717) is 6.54 Å². The fourth-order valence-corrected chi connectivity index (χ4v) is 3.00. The molecule has 3 rings (SSSR count). The van der Waals surface area contributed by atoms with Gasteiger partial charge in [-0.25, -0.2) is 0 Å². The van der Waals surface area contributed by atoms with Gasteiger partial charge in [0.05, 0.1) is 12.8 Å². The van der Waals surface area contributed by atoms with E-state index in [9.17, 15) is 4.79 Å². The lowest BCUT2D eigenvalue weighted by Crippen LogP contribution is -2.36. The Kier molecular flexibility index (Phi) is 4.11. The van der Waals surface area contributed by atoms with Crippen LogP contribution < -0.4 is 5.48 Å². The standard InChI is InChI=1S/C18H20N2O2/c1-13-10-15-12-20(18(21)14-6-4-3-5-7-14)9-8-16(15)17(11-13)19-22-2/h3-7,10-11,19H,8-9,12H2,1-2H3. The van der Waals surface area contributed by atoms with Crippen molar-refractivity contribution in [3.8, 4) is 0 Å². The third-order valence-corrected chi connectivity index (χ3v) is 4.00. The van der Waals surface area contributed by atoms with Gasteiger partial charge in [0.2, 0.25) is 0 Å². The second-order valence-corrected chi connectivity index (χ2v) is 5.60. The molecule has 22 heavy (non-hydrogen) atoms. The van der Waals surface area contributed by atoms with E-state index in [2.05, 4.69) is 24.5 Å². The molecule has 1 heterocycles. The average Bonchev–Trinajstić information content (AvgIpc) is 2.54. The molecule has 1 aliphatic rings. The maximum Gasteiger partial charge on any atom is 0.254 e. The molecule has 2 aromatic carbocycles.